The highest BCUT2D eigenvalue weighted by molar-refractivity contribution is 8.00. The molecule has 1 amide bonds. The summed E-state index contributed by atoms with van der Waals surface area (Å²) in [7, 11) is 0. The van der Waals surface area contributed by atoms with Crippen molar-refractivity contribution in [2.24, 2.45) is 5.92 Å². The number of aryl methyl sites for hydroxylation is 1. The van der Waals surface area contributed by atoms with E-state index in [1.54, 1.807) is 11.8 Å². The standard InChI is InChI=1S/C18H25NOS/c1-13-7-9-16(10-8-13)21-12-18(20)19-14(2)11-15-5-3-4-6-17(15)19/h7-10,14-15,17H,3-6,11-12H2,1-2H3. The Balaban J connectivity index is 1.60. The van der Waals surface area contributed by atoms with Crippen molar-refractivity contribution in [1.82, 2.24) is 4.90 Å². The summed E-state index contributed by atoms with van der Waals surface area (Å²) in [5, 5.41) is 0. The first kappa shape index (κ1) is 15.0. The van der Waals surface area contributed by atoms with Crippen LogP contribution in [0.2, 0.25) is 0 Å². The van der Waals surface area contributed by atoms with Crippen molar-refractivity contribution in [3.8, 4) is 0 Å². The fourth-order valence-electron chi connectivity index (χ4n) is 3.99. The van der Waals surface area contributed by atoms with E-state index in [0.29, 0.717) is 23.7 Å². The summed E-state index contributed by atoms with van der Waals surface area (Å²) >= 11 is 1.67. The van der Waals surface area contributed by atoms with Gasteiger partial charge >= 0.3 is 0 Å². The third-order valence-electron chi connectivity index (χ3n) is 5.02. The molecule has 1 heterocycles. The average molecular weight is 303 g/mol. The Labute approximate surface area is 132 Å². The van der Waals surface area contributed by atoms with Crippen molar-refractivity contribution in [3.63, 3.8) is 0 Å². The highest BCUT2D eigenvalue weighted by Crippen LogP contribution is 2.39. The third kappa shape index (κ3) is 3.28. The van der Waals surface area contributed by atoms with E-state index in [1.807, 2.05) is 0 Å². The van der Waals surface area contributed by atoms with E-state index in [-0.39, 0.29) is 0 Å². The third-order valence-corrected chi connectivity index (χ3v) is 6.01. The lowest BCUT2D eigenvalue weighted by Crippen LogP contribution is -2.43. The molecule has 3 rings (SSSR count). The van der Waals surface area contributed by atoms with Crippen LogP contribution in [0.25, 0.3) is 0 Å². The molecule has 1 aromatic carbocycles. The number of thioether (sulfide) groups is 1. The second-order valence-electron chi connectivity index (χ2n) is 6.60. The van der Waals surface area contributed by atoms with E-state index in [2.05, 4.69) is 43.0 Å². The molecule has 0 aromatic heterocycles. The van der Waals surface area contributed by atoms with Gasteiger partial charge in [0.25, 0.3) is 0 Å². The predicted octanol–water partition coefficient (Wildman–Crippen LogP) is 4.27. The number of benzene rings is 1. The van der Waals surface area contributed by atoms with Crippen molar-refractivity contribution in [2.75, 3.05) is 5.75 Å². The summed E-state index contributed by atoms with van der Waals surface area (Å²) < 4.78 is 0. The van der Waals surface area contributed by atoms with Gasteiger partial charge < -0.3 is 4.90 Å². The maximum absolute atomic E-state index is 12.7. The molecule has 1 saturated heterocycles. The van der Waals surface area contributed by atoms with Gasteiger partial charge in [-0.25, -0.2) is 0 Å². The summed E-state index contributed by atoms with van der Waals surface area (Å²) in [6.07, 6.45) is 6.41. The lowest BCUT2D eigenvalue weighted by molar-refractivity contribution is -0.131. The Morgan fingerprint density at radius 2 is 1.95 bits per heavy atom. The van der Waals surface area contributed by atoms with Crippen LogP contribution in [0.5, 0.6) is 0 Å². The Bertz CT molecular complexity index is 498. The molecule has 1 aromatic rings. The molecule has 0 N–H and O–H groups in total. The molecule has 0 radical (unpaired) electrons. The van der Waals surface area contributed by atoms with Crippen LogP contribution in [0.4, 0.5) is 0 Å². The van der Waals surface area contributed by atoms with Gasteiger partial charge in [-0.15, -0.1) is 11.8 Å². The molecule has 1 saturated carbocycles. The Kier molecular flexibility index (Phi) is 4.58. The highest BCUT2D eigenvalue weighted by Gasteiger charge is 2.42. The van der Waals surface area contributed by atoms with Crippen molar-refractivity contribution in [1.29, 1.82) is 0 Å². The second-order valence-corrected chi connectivity index (χ2v) is 7.65. The number of rotatable bonds is 3. The van der Waals surface area contributed by atoms with Crippen molar-refractivity contribution < 1.29 is 4.79 Å². The smallest absolute Gasteiger partial charge is 0.233 e. The van der Waals surface area contributed by atoms with E-state index in [0.717, 1.165) is 5.92 Å². The molecular weight excluding hydrogens is 278 g/mol. The fourth-order valence-corrected chi connectivity index (χ4v) is 4.76. The van der Waals surface area contributed by atoms with Crippen LogP contribution in [0.1, 0.15) is 44.6 Å². The maximum Gasteiger partial charge on any atom is 0.233 e. The van der Waals surface area contributed by atoms with E-state index in [4.69, 9.17) is 0 Å². The van der Waals surface area contributed by atoms with Gasteiger partial charge in [0.1, 0.15) is 0 Å². The largest absolute Gasteiger partial charge is 0.336 e. The Morgan fingerprint density at radius 3 is 2.71 bits per heavy atom. The van der Waals surface area contributed by atoms with E-state index in [9.17, 15) is 4.79 Å². The van der Waals surface area contributed by atoms with Crippen LogP contribution in [0.15, 0.2) is 29.2 Å². The molecule has 0 spiro atoms. The van der Waals surface area contributed by atoms with Gasteiger partial charge in [0.2, 0.25) is 5.91 Å². The lowest BCUT2D eigenvalue weighted by Gasteiger charge is -2.33. The van der Waals surface area contributed by atoms with Crippen LogP contribution in [-0.2, 0) is 4.79 Å². The number of carbonyl (C=O) groups excluding carboxylic acids is 1. The van der Waals surface area contributed by atoms with Gasteiger partial charge in [0, 0.05) is 17.0 Å². The molecule has 2 fully saturated rings. The van der Waals surface area contributed by atoms with Crippen LogP contribution >= 0.6 is 11.8 Å². The molecule has 3 atom stereocenters. The van der Waals surface area contributed by atoms with Crippen LogP contribution in [-0.4, -0.2) is 28.6 Å². The molecule has 3 unspecified atom stereocenters. The van der Waals surface area contributed by atoms with Crippen molar-refractivity contribution in [2.45, 2.75) is 62.9 Å². The molecule has 0 bridgehead atoms. The molecule has 114 valence electrons. The zero-order chi connectivity index (χ0) is 14.8. The minimum atomic E-state index is 0.336. The van der Waals surface area contributed by atoms with E-state index < -0.39 is 0 Å². The summed E-state index contributed by atoms with van der Waals surface area (Å²) in [4.78, 5) is 16.1. The van der Waals surface area contributed by atoms with Crippen LogP contribution in [0, 0.1) is 12.8 Å². The number of hydrogen-bond acceptors (Lipinski definition) is 2. The molecule has 2 aliphatic rings. The lowest BCUT2D eigenvalue weighted by atomic mass is 9.85. The number of likely N-dealkylation sites (tertiary alicyclic amines) is 1. The Morgan fingerprint density at radius 1 is 1.24 bits per heavy atom. The summed E-state index contributed by atoms with van der Waals surface area (Å²) in [6.45, 7) is 4.32. The predicted molar refractivity (Wildman–Crippen MR) is 88.6 cm³/mol. The van der Waals surface area contributed by atoms with Crippen LogP contribution < -0.4 is 0 Å². The first-order chi connectivity index (χ1) is 10.1. The number of hydrogen-bond donors (Lipinski definition) is 0. The minimum Gasteiger partial charge on any atom is -0.336 e. The highest BCUT2D eigenvalue weighted by atomic mass is 32.2. The fraction of sp³-hybridized carbons (Fsp3) is 0.611. The summed E-state index contributed by atoms with van der Waals surface area (Å²) in [6, 6.07) is 9.42. The van der Waals surface area contributed by atoms with Gasteiger partial charge in [-0.05, 0) is 51.2 Å². The van der Waals surface area contributed by atoms with Gasteiger partial charge in [-0.3, -0.25) is 4.79 Å². The topological polar surface area (TPSA) is 20.3 Å². The average Bonchev–Trinajstić information content (AvgIpc) is 2.82. The van der Waals surface area contributed by atoms with Crippen LogP contribution in [0.3, 0.4) is 0 Å². The van der Waals surface area contributed by atoms with Crippen molar-refractivity contribution in [3.05, 3.63) is 29.8 Å². The normalized spacial score (nSPS) is 28.5. The molecule has 1 aliphatic carbocycles. The zero-order valence-corrected chi connectivity index (χ0v) is 13.9. The monoisotopic (exact) mass is 303 g/mol. The molecule has 1 aliphatic heterocycles. The van der Waals surface area contributed by atoms with E-state index >= 15 is 0 Å². The number of carbonyl (C=O) groups is 1. The zero-order valence-electron chi connectivity index (χ0n) is 13.0. The van der Waals surface area contributed by atoms with Crippen molar-refractivity contribution >= 4 is 17.7 Å². The first-order valence-electron chi connectivity index (χ1n) is 8.16. The second kappa shape index (κ2) is 6.43. The minimum absolute atomic E-state index is 0.336. The molecular formula is C18H25NOS. The number of amides is 1. The molecule has 2 nitrogen and oxygen atoms in total. The molecule has 3 heteroatoms. The van der Waals surface area contributed by atoms with Gasteiger partial charge in [0.05, 0.1) is 5.75 Å². The molecule has 21 heavy (non-hydrogen) atoms. The summed E-state index contributed by atoms with van der Waals surface area (Å²) in [5.41, 5.74) is 1.27. The maximum atomic E-state index is 12.7. The SMILES string of the molecule is Cc1ccc(SCC(=O)N2C(C)CC3CCCCC32)cc1. The van der Waals surface area contributed by atoms with Gasteiger partial charge in [-0.2, -0.15) is 0 Å². The Hall–Kier alpha value is -0.960. The number of fused-ring (bicyclic) bond motifs is 1. The van der Waals surface area contributed by atoms with E-state index in [1.165, 1.54) is 42.6 Å². The summed E-state index contributed by atoms with van der Waals surface area (Å²) in [5.74, 6) is 1.68. The van der Waals surface area contributed by atoms with Gasteiger partial charge in [-0.1, -0.05) is 30.5 Å². The quantitative estimate of drug-likeness (QED) is 0.777. The number of nitrogens with zero attached hydrogens (tertiary/aromatic N) is 1. The first-order valence-corrected chi connectivity index (χ1v) is 9.14. The van der Waals surface area contributed by atoms with Gasteiger partial charge in [0.15, 0.2) is 0 Å².